The molecule has 2 aromatic carbocycles. The van der Waals surface area contributed by atoms with E-state index in [0.29, 0.717) is 17.8 Å². The van der Waals surface area contributed by atoms with Gasteiger partial charge in [0.15, 0.2) is 0 Å². The van der Waals surface area contributed by atoms with Crippen LogP contribution >= 0.6 is 0 Å². The number of nitrogens with zero attached hydrogens (tertiary/aromatic N) is 1. The van der Waals surface area contributed by atoms with Crippen molar-refractivity contribution in [2.75, 3.05) is 16.8 Å². The molecule has 132 valence electrons. The fourth-order valence-corrected chi connectivity index (χ4v) is 3.62. The summed E-state index contributed by atoms with van der Waals surface area (Å²) in [6, 6.07) is 15.4. The number of fused-ring (bicyclic) bond motifs is 2. The van der Waals surface area contributed by atoms with E-state index in [9.17, 15) is 9.59 Å². The highest BCUT2D eigenvalue weighted by Crippen LogP contribution is 2.30. The molecular weight excluding hydrogens is 328 g/mol. The zero-order valence-electron chi connectivity index (χ0n) is 14.6. The number of rotatable bonds is 3. The lowest BCUT2D eigenvalue weighted by Gasteiger charge is -2.31. The van der Waals surface area contributed by atoms with E-state index in [-0.39, 0.29) is 11.5 Å². The quantitative estimate of drug-likeness (QED) is 0.733. The Morgan fingerprint density at radius 3 is 2.88 bits per heavy atom. The third-order valence-corrected chi connectivity index (χ3v) is 4.72. The van der Waals surface area contributed by atoms with Gasteiger partial charge in [0.05, 0.1) is 0 Å². The Morgan fingerprint density at radius 2 is 2.04 bits per heavy atom. The predicted molar refractivity (Wildman–Crippen MR) is 103 cm³/mol. The predicted octanol–water partition coefficient (Wildman–Crippen LogP) is 3.70. The van der Waals surface area contributed by atoms with Gasteiger partial charge >= 0.3 is 5.63 Å². The van der Waals surface area contributed by atoms with Gasteiger partial charge in [-0.3, -0.25) is 4.79 Å². The summed E-state index contributed by atoms with van der Waals surface area (Å²) in [6.07, 6.45) is 2.19. The Bertz CT molecular complexity index is 1040. The normalized spacial score (nSPS) is 13.5. The van der Waals surface area contributed by atoms with Crippen LogP contribution in [0.2, 0.25) is 0 Å². The number of aryl methyl sites for hydroxylation is 1. The molecule has 0 radical (unpaired) electrons. The molecule has 4 rings (SSSR count). The van der Waals surface area contributed by atoms with Crippen molar-refractivity contribution in [2.45, 2.75) is 26.3 Å². The van der Waals surface area contributed by atoms with Crippen molar-refractivity contribution in [3.63, 3.8) is 0 Å². The molecule has 1 N–H and O–H groups in total. The van der Waals surface area contributed by atoms with Crippen LogP contribution in [0.25, 0.3) is 11.0 Å². The highest BCUT2D eigenvalue weighted by molar-refractivity contribution is 5.92. The number of nitrogens with one attached hydrogen (secondary N) is 1. The Morgan fingerprint density at radius 1 is 1.19 bits per heavy atom. The van der Waals surface area contributed by atoms with E-state index in [1.54, 1.807) is 12.1 Å². The molecule has 0 fully saturated rings. The van der Waals surface area contributed by atoms with Crippen LogP contribution in [0.15, 0.2) is 57.7 Å². The molecule has 26 heavy (non-hydrogen) atoms. The third-order valence-electron chi connectivity index (χ3n) is 4.72. The third kappa shape index (κ3) is 3.20. The average Bonchev–Trinajstić information content (AvgIpc) is 2.61. The smallest absolute Gasteiger partial charge is 0.336 e. The first kappa shape index (κ1) is 16.4. The topological polar surface area (TPSA) is 62.6 Å². The lowest BCUT2D eigenvalue weighted by molar-refractivity contribution is -0.114. The molecule has 2 heterocycles. The first-order chi connectivity index (χ1) is 12.6. The number of benzene rings is 2. The summed E-state index contributed by atoms with van der Waals surface area (Å²) in [5, 5.41) is 3.61. The fourth-order valence-electron chi connectivity index (χ4n) is 3.62. The maximum atomic E-state index is 12.1. The minimum absolute atomic E-state index is 0.159. The van der Waals surface area contributed by atoms with E-state index in [1.807, 2.05) is 18.2 Å². The number of carbonyl (C=O) groups excluding carboxylic acids is 1. The van der Waals surface area contributed by atoms with Crippen molar-refractivity contribution in [1.29, 1.82) is 0 Å². The summed E-state index contributed by atoms with van der Waals surface area (Å²) < 4.78 is 5.36. The largest absolute Gasteiger partial charge is 0.423 e. The van der Waals surface area contributed by atoms with Crippen LogP contribution < -0.4 is 15.8 Å². The standard InChI is InChI=1S/C21H20N2O3/c1-14(24)22-17-8-9-18-16(11-21(25)26-20(18)12-17)13-23-10-4-6-15-5-2-3-7-19(15)23/h2-3,5,7-9,11-12H,4,6,10,13H2,1H3,(H,22,24). The van der Waals surface area contributed by atoms with Gasteiger partial charge in [-0.05, 0) is 42.2 Å². The molecule has 0 bridgehead atoms. The number of para-hydroxylation sites is 1. The maximum absolute atomic E-state index is 12.1. The summed E-state index contributed by atoms with van der Waals surface area (Å²) >= 11 is 0. The van der Waals surface area contributed by atoms with Gasteiger partial charge in [-0.2, -0.15) is 0 Å². The summed E-state index contributed by atoms with van der Waals surface area (Å²) in [5.74, 6) is -0.159. The number of amides is 1. The first-order valence-corrected chi connectivity index (χ1v) is 8.77. The van der Waals surface area contributed by atoms with Crippen molar-refractivity contribution in [2.24, 2.45) is 0 Å². The number of anilines is 2. The van der Waals surface area contributed by atoms with Crippen LogP contribution in [0.3, 0.4) is 0 Å². The number of hydrogen-bond acceptors (Lipinski definition) is 4. The molecule has 0 atom stereocenters. The zero-order chi connectivity index (χ0) is 18.1. The molecule has 1 aromatic heterocycles. The minimum atomic E-state index is -0.377. The van der Waals surface area contributed by atoms with E-state index in [1.165, 1.54) is 18.2 Å². The van der Waals surface area contributed by atoms with Crippen LogP contribution in [0.4, 0.5) is 11.4 Å². The molecule has 5 nitrogen and oxygen atoms in total. The molecule has 1 aliphatic heterocycles. The molecule has 0 spiro atoms. The van der Waals surface area contributed by atoms with Crippen molar-refractivity contribution in [1.82, 2.24) is 0 Å². The van der Waals surface area contributed by atoms with E-state index < -0.39 is 0 Å². The van der Waals surface area contributed by atoms with Crippen LogP contribution in [0, 0.1) is 0 Å². The Labute approximate surface area is 151 Å². The van der Waals surface area contributed by atoms with Gasteiger partial charge in [0.2, 0.25) is 5.91 Å². The molecule has 3 aromatic rings. The maximum Gasteiger partial charge on any atom is 0.336 e. The van der Waals surface area contributed by atoms with E-state index in [2.05, 4.69) is 28.4 Å². The van der Waals surface area contributed by atoms with Gasteiger partial charge in [-0.1, -0.05) is 18.2 Å². The highest BCUT2D eigenvalue weighted by Gasteiger charge is 2.18. The lowest BCUT2D eigenvalue weighted by Crippen LogP contribution is -2.29. The molecular formula is C21H20N2O3. The first-order valence-electron chi connectivity index (χ1n) is 8.77. The minimum Gasteiger partial charge on any atom is -0.423 e. The Kier molecular flexibility index (Phi) is 4.21. The molecule has 0 aliphatic carbocycles. The van der Waals surface area contributed by atoms with Gasteiger partial charge in [-0.25, -0.2) is 4.79 Å². The van der Waals surface area contributed by atoms with Crippen LogP contribution in [-0.2, 0) is 17.8 Å². The van der Waals surface area contributed by atoms with E-state index >= 15 is 0 Å². The Hall–Kier alpha value is -3.08. The molecule has 0 unspecified atom stereocenters. The second-order valence-electron chi connectivity index (χ2n) is 6.64. The Balaban J connectivity index is 1.73. The molecule has 1 amide bonds. The van der Waals surface area contributed by atoms with Gasteiger partial charge in [0.25, 0.3) is 0 Å². The van der Waals surface area contributed by atoms with Crippen molar-refractivity contribution in [3.05, 3.63) is 70.1 Å². The molecule has 0 saturated heterocycles. The molecule has 5 heteroatoms. The second kappa shape index (κ2) is 6.67. The van der Waals surface area contributed by atoms with Crippen LogP contribution in [0.5, 0.6) is 0 Å². The monoisotopic (exact) mass is 348 g/mol. The summed E-state index contributed by atoms with van der Waals surface area (Å²) in [7, 11) is 0. The fraction of sp³-hybridized carbons (Fsp3) is 0.238. The molecule has 0 saturated carbocycles. The van der Waals surface area contributed by atoms with Crippen molar-refractivity contribution in [3.8, 4) is 0 Å². The SMILES string of the molecule is CC(=O)Nc1ccc2c(CN3CCCc4ccccc43)cc(=O)oc2c1. The van der Waals surface area contributed by atoms with Crippen LogP contribution in [0.1, 0.15) is 24.5 Å². The zero-order valence-corrected chi connectivity index (χ0v) is 14.6. The number of carbonyl (C=O) groups is 1. The summed E-state index contributed by atoms with van der Waals surface area (Å²) in [5.41, 5.74) is 4.24. The average molecular weight is 348 g/mol. The summed E-state index contributed by atoms with van der Waals surface area (Å²) in [4.78, 5) is 25.6. The second-order valence-corrected chi connectivity index (χ2v) is 6.64. The van der Waals surface area contributed by atoms with Crippen LogP contribution in [-0.4, -0.2) is 12.5 Å². The highest BCUT2D eigenvalue weighted by atomic mass is 16.4. The van der Waals surface area contributed by atoms with Crippen molar-refractivity contribution >= 4 is 28.3 Å². The van der Waals surface area contributed by atoms with Gasteiger partial charge in [-0.15, -0.1) is 0 Å². The summed E-state index contributed by atoms with van der Waals surface area (Å²) in [6.45, 7) is 3.06. The van der Waals surface area contributed by atoms with Gasteiger partial charge in [0.1, 0.15) is 5.58 Å². The molecule has 1 aliphatic rings. The van der Waals surface area contributed by atoms with E-state index in [4.69, 9.17) is 4.42 Å². The lowest BCUT2D eigenvalue weighted by atomic mass is 10.0. The number of hydrogen-bond donors (Lipinski definition) is 1. The van der Waals surface area contributed by atoms with Gasteiger partial charge in [0, 0.05) is 48.9 Å². The van der Waals surface area contributed by atoms with Gasteiger partial charge < -0.3 is 14.6 Å². The van der Waals surface area contributed by atoms with E-state index in [0.717, 1.165) is 30.3 Å². The van der Waals surface area contributed by atoms with Crippen molar-refractivity contribution < 1.29 is 9.21 Å².